The van der Waals surface area contributed by atoms with Gasteiger partial charge in [0.25, 0.3) is 0 Å². The van der Waals surface area contributed by atoms with E-state index < -0.39 is 15.4 Å². The van der Waals surface area contributed by atoms with E-state index in [9.17, 15) is 0 Å². The first-order valence-corrected chi connectivity index (χ1v) is 14.0. The van der Waals surface area contributed by atoms with Crippen molar-refractivity contribution in [1.82, 2.24) is 38.2 Å². The number of rotatable bonds is 2. The van der Waals surface area contributed by atoms with Gasteiger partial charge in [-0.3, -0.25) is 0 Å². The van der Waals surface area contributed by atoms with Gasteiger partial charge in [-0.05, 0) is 0 Å². The Morgan fingerprint density at radius 1 is 0.556 bits per heavy atom. The first-order valence-electron chi connectivity index (χ1n) is 7.74. The molecule has 0 saturated carbocycles. The van der Waals surface area contributed by atoms with Crippen LogP contribution in [0.15, 0.2) is 49.6 Å². The summed E-state index contributed by atoms with van der Waals surface area (Å²) in [5.74, 6) is 3.56. The van der Waals surface area contributed by atoms with Crippen molar-refractivity contribution in [2.75, 3.05) is 0 Å². The molecule has 4 aromatic heterocycles. The molecular formula is C16H20Cl2N8Os. The van der Waals surface area contributed by atoms with Crippen molar-refractivity contribution in [2.45, 2.75) is 0 Å². The average molecular weight is 586 g/mol. The van der Waals surface area contributed by atoms with Gasteiger partial charge < -0.3 is 18.3 Å². The predicted molar refractivity (Wildman–Crippen MR) is 103 cm³/mol. The molecule has 0 spiro atoms. The monoisotopic (exact) mass is 586 g/mol. The average Bonchev–Trinajstić information content (AvgIpc) is 3.40. The summed E-state index contributed by atoms with van der Waals surface area (Å²) in [6.07, 6.45) is 14.7. The molecule has 0 aliphatic carbocycles. The quantitative estimate of drug-likeness (QED) is 0.363. The van der Waals surface area contributed by atoms with Gasteiger partial charge in [-0.1, -0.05) is 0 Å². The number of imidazole rings is 4. The number of hydrogen-bond acceptors (Lipinski definition) is 4. The van der Waals surface area contributed by atoms with E-state index in [4.69, 9.17) is 19.3 Å². The third-order valence-corrected chi connectivity index (χ3v) is 3.68. The molecule has 11 heteroatoms. The minimum absolute atomic E-state index is 0.639. The molecule has 0 saturated heterocycles. The van der Waals surface area contributed by atoms with E-state index in [2.05, 4.69) is 19.9 Å². The molecule has 0 N–H and O–H groups in total. The first-order chi connectivity index (χ1) is 13.0. The van der Waals surface area contributed by atoms with Crippen LogP contribution in [0.25, 0.3) is 23.3 Å². The Balaban J connectivity index is 0.000000170. The Kier molecular flexibility index (Phi) is 8.23. The SMILES string of the molecule is Cn1ccnc1-c1nccn1C.Cn1ccnc1-c1nccn1C.[Cl][Os][Cl]. The molecular weight excluding hydrogens is 565 g/mol. The fraction of sp³-hybridized carbons (Fsp3) is 0.250. The van der Waals surface area contributed by atoms with Crippen LogP contribution in [0, 0.1) is 0 Å². The van der Waals surface area contributed by atoms with E-state index in [0.717, 1.165) is 23.3 Å². The molecule has 0 fully saturated rings. The number of halogens is 2. The Morgan fingerprint density at radius 3 is 0.852 bits per heavy atom. The summed E-state index contributed by atoms with van der Waals surface area (Å²) in [6.45, 7) is 0. The van der Waals surface area contributed by atoms with Crippen LogP contribution in [-0.2, 0) is 43.6 Å². The van der Waals surface area contributed by atoms with Gasteiger partial charge in [0.1, 0.15) is 0 Å². The van der Waals surface area contributed by atoms with Crippen molar-refractivity contribution in [3.8, 4) is 23.3 Å². The minimum atomic E-state index is -0.639. The second-order valence-electron chi connectivity index (χ2n) is 5.50. The fourth-order valence-corrected chi connectivity index (χ4v) is 2.32. The summed E-state index contributed by atoms with van der Waals surface area (Å²) >= 11 is -0.639. The van der Waals surface area contributed by atoms with E-state index in [1.54, 1.807) is 24.8 Å². The van der Waals surface area contributed by atoms with E-state index in [0.29, 0.717) is 0 Å². The topological polar surface area (TPSA) is 71.3 Å². The van der Waals surface area contributed by atoms with Crippen LogP contribution < -0.4 is 0 Å². The van der Waals surface area contributed by atoms with Gasteiger partial charge in [-0.25, -0.2) is 19.9 Å². The maximum atomic E-state index is 4.90. The Bertz CT molecular complexity index is 802. The molecule has 146 valence electrons. The van der Waals surface area contributed by atoms with Gasteiger partial charge in [0.15, 0.2) is 23.3 Å². The summed E-state index contributed by atoms with van der Waals surface area (Å²) < 4.78 is 7.79. The molecule has 0 unspecified atom stereocenters. The van der Waals surface area contributed by atoms with Crippen molar-refractivity contribution >= 4 is 19.3 Å². The van der Waals surface area contributed by atoms with E-state index in [1.165, 1.54) is 0 Å². The molecule has 27 heavy (non-hydrogen) atoms. The van der Waals surface area contributed by atoms with Gasteiger partial charge in [0, 0.05) is 77.8 Å². The summed E-state index contributed by atoms with van der Waals surface area (Å²) in [5.41, 5.74) is 0. The standard InChI is InChI=1S/2C8H10N4.2ClH.Os/c2*1-11-5-3-9-7(11)8-10-4-6-12(8)2;;;/h2*3-6H,1-2H3;2*1H;/q;;;;+2/p-2. The molecule has 0 radical (unpaired) electrons. The molecule has 0 aromatic carbocycles. The number of aryl methyl sites for hydroxylation is 4. The van der Waals surface area contributed by atoms with Gasteiger partial charge in [-0.15, -0.1) is 0 Å². The number of nitrogens with zero attached hydrogens (tertiary/aromatic N) is 8. The Morgan fingerprint density at radius 2 is 0.741 bits per heavy atom. The van der Waals surface area contributed by atoms with Crippen LogP contribution in [-0.4, -0.2) is 38.2 Å². The summed E-state index contributed by atoms with van der Waals surface area (Å²) in [5, 5.41) is 0. The van der Waals surface area contributed by atoms with Crippen molar-refractivity contribution in [2.24, 2.45) is 28.2 Å². The zero-order valence-electron chi connectivity index (χ0n) is 15.3. The number of aromatic nitrogens is 8. The normalized spacial score (nSPS) is 10.1. The van der Waals surface area contributed by atoms with E-state index in [-0.39, 0.29) is 0 Å². The second kappa shape index (κ2) is 10.4. The number of hydrogen-bond donors (Lipinski definition) is 0. The van der Waals surface area contributed by atoms with Crippen LogP contribution in [0.1, 0.15) is 0 Å². The first kappa shape index (κ1) is 21.4. The zero-order chi connectivity index (χ0) is 19.8. The predicted octanol–water partition coefficient (Wildman–Crippen LogP) is 3.02. The third kappa shape index (κ3) is 5.52. The Hall–Kier alpha value is -1.94. The summed E-state index contributed by atoms with van der Waals surface area (Å²) in [6, 6.07) is 0. The molecule has 0 atom stereocenters. The molecule has 0 aliphatic heterocycles. The van der Waals surface area contributed by atoms with E-state index in [1.807, 2.05) is 71.2 Å². The molecule has 4 aromatic rings. The molecule has 4 rings (SSSR count). The van der Waals surface area contributed by atoms with Crippen LogP contribution in [0.5, 0.6) is 0 Å². The van der Waals surface area contributed by atoms with Crippen molar-refractivity contribution in [3.05, 3.63) is 49.6 Å². The van der Waals surface area contributed by atoms with Crippen molar-refractivity contribution < 1.29 is 15.4 Å². The van der Waals surface area contributed by atoms with Crippen LogP contribution >= 0.6 is 19.3 Å². The second-order valence-corrected chi connectivity index (χ2v) is 9.17. The summed E-state index contributed by atoms with van der Waals surface area (Å²) in [7, 11) is 17.6. The van der Waals surface area contributed by atoms with Gasteiger partial charge in [0.05, 0.1) is 0 Å². The Labute approximate surface area is 173 Å². The molecule has 0 aliphatic rings. The van der Waals surface area contributed by atoms with Crippen LogP contribution in [0.2, 0.25) is 0 Å². The van der Waals surface area contributed by atoms with E-state index >= 15 is 0 Å². The molecule has 0 bridgehead atoms. The molecule has 4 heterocycles. The van der Waals surface area contributed by atoms with Crippen molar-refractivity contribution in [3.63, 3.8) is 0 Å². The molecule has 0 amide bonds. The van der Waals surface area contributed by atoms with Crippen molar-refractivity contribution in [1.29, 1.82) is 0 Å². The van der Waals surface area contributed by atoms with Crippen LogP contribution in [0.3, 0.4) is 0 Å². The van der Waals surface area contributed by atoms with Gasteiger partial charge >= 0.3 is 34.7 Å². The van der Waals surface area contributed by atoms with Crippen LogP contribution in [0.4, 0.5) is 0 Å². The fourth-order valence-electron chi connectivity index (χ4n) is 2.32. The van der Waals surface area contributed by atoms with Gasteiger partial charge in [0.2, 0.25) is 0 Å². The zero-order valence-corrected chi connectivity index (χ0v) is 19.4. The molecule has 8 nitrogen and oxygen atoms in total. The van der Waals surface area contributed by atoms with Gasteiger partial charge in [-0.2, -0.15) is 0 Å². The third-order valence-electron chi connectivity index (χ3n) is 3.68. The maximum absolute atomic E-state index is 4.90. The summed E-state index contributed by atoms with van der Waals surface area (Å²) in [4.78, 5) is 16.8.